The summed E-state index contributed by atoms with van der Waals surface area (Å²) in [5, 5.41) is 0. The molecule has 1 fully saturated rings. The molecular formula is C17H25N3O. The fraction of sp³-hybridized carbons (Fsp3) is 0.588. The molecule has 0 aromatic heterocycles. The van der Waals surface area contributed by atoms with Crippen LogP contribution < -0.4 is 10.6 Å². The number of carbonyl (C=O) groups excluding carboxylic acids is 1. The number of hydrogen-bond donors (Lipinski definition) is 1. The Morgan fingerprint density at radius 3 is 2.62 bits per heavy atom. The zero-order valence-corrected chi connectivity index (χ0v) is 12.8. The van der Waals surface area contributed by atoms with E-state index in [1.165, 1.54) is 0 Å². The lowest BCUT2D eigenvalue weighted by Crippen LogP contribution is -2.47. The predicted octanol–water partition coefficient (Wildman–Crippen LogP) is 3.14. The Morgan fingerprint density at radius 1 is 1.14 bits per heavy atom. The summed E-state index contributed by atoms with van der Waals surface area (Å²) in [5.74, 6) is 0.735. The third-order valence-electron chi connectivity index (χ3n) is 4.81. The van der Waals surface area contributed by atoms with Crippen molar-refractivity contribution in [1.82, 2.24) is 4.90 Å². The third-order valence-corrected chi connectivity index (χ3v) is 4.81. The molecule has 3 rings (SSSR count). The second kappa shape index (κ2) is 6.06. The molecule has 2 aliphatic rings. The first kappa shape index (κ1) is 14.4. The molecule has 2 amide bonds. The highest BCUT2D eigenvalue weighted by atomic mass is 16.2. The molecule has 114 valence electrons. The molecule has 4 heteroatoms. The summed E-state index contributed by atoms with van der Waals surface area (Å²) in [6.45, 7) is 4.80. The van der Waals surface area contributed by atoms with E-state index >= 15 is 0 Å². The van der Waals surface area contributed by atoms with Gasteiger partial charge in [0.25, 0.3) is 0 Å². The average Bonchev–Trinajstić information content (AvgIpc) is 2.67. The van der Waals surface area contributed by atoms with Crippen molar-refractivity contribution in [3.8, 4) is 0 Å². The Balaban J connectivity index is 1.84. The first-order chi connectivity index (χ1) is 10.2. The second-order valence-corrected chi connectivity index (χ2v) is 6.41. The predicted molar refractivity (Wildman–Crippen MR) is 85.3 cm³/mol. The van der Waals surface area contributed by atoms with E-state index in [2.05, 4.69) is 13.0 Å². The van der Waals surface area contributed by atoms with Crippen LogP contribution in [0.2, 0.25) is 0 Å². The maximum absolute atomic E-state index is 12.9. The third kappa shape index (κ3) is 2.91. The number of para-hydroxylation sites is 1. The lowest BCUT2D eigenvalue weighted by Gasteiger charge is -2.35. The standard InChI is InChI=1S/C17H25N3O/c1-13-8-11-19(12-9-13)17(21)20-10-4-6-15(18)14-5-2-3-7-16(14)20/h2-3,5,7,13,15H,4,6,8-12,18H2,1H3. The molecule has 1 unspecified atom stereocenters. The Labute approximate surface area is 126 Å². The number of anilines is 1. The molecule has 0 spiro atoms. The van der Waals surface area contributed by atoms with Crippen LogP contribution in [-0.4, -0.2) is 30.6 Å². The number of hydrogen-bond acceptors (Lipinski definition) is 2. The van der Waals surface area contributed by atoms with Crippen molar-refractivity contribution in [1.29, 1.82) is 0 Å². The van der Waals surface area contributed by atoms with E-state index in [1.807, 2.05) is 28.0 Å². The van der Waals surface area contributed by atoms with Crippen LogP contribution >= 0.6 is 0 Å². The monoisotopic (exact) mass is 287 g/mol. The van der Waals surface area contributed by atoms with Gasteiger partial charge in [-0.1, -0.05) is 25.1 Å². The zero-order chi connectivity index (χ0) is 14.8. The molecule has 1 atom stereocenters. The van der Waals surface area contributed by atoms with Gasteiger partial charge in [0.2, 0.25) is 0 Å². The number of piperidine rings is 1. The minimum absolute atomic E-state index is 0.0420. The number of nitrogens with zero attached hydrogens (tertiary/aromatic N) is 2. The van der Waals surface area contributed by atoms with Crippen molar-refractivity contribution < 1.29 is 4.79 Å². The van der Waals surface area contributed by atoms with Gasteiger partial charge in [-0.05, 0) is 43.2 Å². The Kier molecular flexibility index (Phi) is 4.15. The quantitative estimate of drug-likeness (QED) is 0.797. The van der Waals surface area contributed by atoms with Crippen LogP contribution in [0.5, 0.6) is 0 Å². The number of benzene rings is 1. The highest BCUT2D eigenvalue weighted by Crippen LogP contribution is 2.32. The van der Waals surface area contributed by atoms with Gasteiger partial charge < -0.3 is 10.6 Å². The normalized spacial score (nSPS) is 23.6. The van der Waals surface area contributed by atoms with Gasteiger partial charge in [0.1, 0.15) is 0 Å². The lowest BCUT2D eigenvalue weighted by molar-refractivity contribution is 0.180. The van der Waals surface area contributed by atoms with E-state index < -0.39 is 0 Å². The number of rotatable bonds is 0. The summed E-state index contributed by atoms with van der Waals surface area (Å²) in [5.41, 5.74) is 8.36. The van der Waals surface area contributed by atoms with Crippen LogP contribution in [0, 0.1) is 5.92 Å². The largest absolute Gasteiger partial charge is 0.324 e. The molecule has 0 aliphatic carbocycles. The van der Waals surface area contributed by atoms with Gasteiger partial charge in [0.15, 0.2) is 0 Å². The van der Waals surface area contributed by atoms with Gasteiger partial charge in [-0.2, -0.15) is 0 Å². The summed E-state index contributed by atoms with van der Waals surface area (Å²) < 4.78 is 0. The zero-order valence-electron chi connectivity index (χ0n) is 12.8. The summed E-state index contributed by atoms with van der Waals surface area (Å²) in [4.78, 5) is 16.8. The summed E-state index contributed by atoms with van der Waals surface area (Å²) in [7, 11) is 0. The minimum atomic E-state index is 0.0420. The van der Waals surface area contributed by atoms with Crippen molar-refractivity contribution in [2.75, 3.05) is 24.5 Å². The van der Waals surface area contributed by atoms with Crippen molar-refractivity contribution >= 4 is 11.7 Å². The minimum Gasteiger partial charge on any atom is -0.324 e. The van der Waals surface area contributed by atoms with Crippen molar-refractivity contribution in [2.24, 2.45) is 11.7 Å². The maximum atomic E-state index is 12.9. The fourth-order valence-corrected chi connectivity index (χ4v) is 3.36. The van der Waals surface area contributed by atoms with Gasteiger partial charge in [-0.15, -0.1) is 0 Å². The first-order valence-electron chi connectivity index (χ1n) is 8.08. The number of carbonyl (C=O) groups is 1. The van der Waals surface area contributed by atoms with Crippen molar-refractivity contribution in [3.05, 3.63) is 29.8 Å². The Morgan fingerprint density at radius 2 is 1.86 bits per heavy atom. The summed E-state index contributed by atoms with van der Waals surface area (Å²) in [6, 6.07) is 8.29. The molecule has 0 bridgehead atoms. The lowest BCUT2D eigenvalue weighted by atomic mass is 9.99. The SMILES string of the molecule is CC1CCN(C(=O)N2CCCC(N)c3ccccc32)CC1. The van der Waals surface area contributed by atoms with Crippen LogP contribution in [0.4, 0.5) is 10.5 Å². The van der Waals surface area contributed by atoms with Gasteiger partial charge in [0, 0.05) is 25.7 Å². The highest BCUT2D eigenvalue weighted by Gasteiger charge is 2.29. The Hall–Kier alpha value is -1.55. The molecule has 0 saturated carbocycles. The maximum Gasteiger partial charge on any atom is 0.324 e. The molecule has 2 N–H and O–H groups in total. The number of nitrogens with two attached hydrogens (primary N) is 1. The molecule has 21 heavy (non-hydrogen) atoms. The first-order valence-corrected chi connectivity index (χ1v) is 8.08. The fourth-order valence-electron chi connectivity index (χ4n) is 3.36. The van der Waals surface area contributed by atoms with Gasteiger partial charge in [-0.3, -0.25) is 4.90 Å². The van der Waals surface area contributed by atoms with E-state index in [0.29, 0.717) is 0 Å². The molecule has 1 aromatic carbocycles. The molecule has 1 aromatic rings. The van der Waals surface area contributed by atoms with Crippen LogP contribution in [0.3, 0.4) is 0 Å². The smallest absolute Gasteiger partial charge is 0.324 e. The van der Waals surface area contributed by atoms with Crippen molar-refractivity contribution in [3.63, 3.8) is 0 Å². The topological polar surface area (TPSA) is 49.6 Å². The highest BCUT2D eigenvalue weighted by molar-refractivity contribution is 5.93. The van der Waals surface area contributed by atoms with Crippen LogP contribution in [-0.2, 0) is 0 Å². The van der Waals surface area contributed by atoms with E-state index in [-0.39, 0.29) is 12.1 Å². The van der Waals surface area contributed by atoms with Crippen molar-refractivity contribution in [2.45, 2.75) is 38.6 Å². The van der Waals surface area contributed by atoms with Crippen LogP contribution in [0.25, 0.3) is 0 Å². The molecule has 1 saturated heterocycles. The Bertz CT molecular complexity index is 509. The van der Waals surface area contributed by atoms with Crippen LogP contribution in [0.15, 0.2) is 24.3 Å². The average molecular weight is 287 g/mol. The number of likely N-dealkylation sites (tertiary alicyclic amines) is 1. The number of fused-ring (bicyclic) bond motifs is 1. The second-order valence-electron chi connectivity index (χ2n) is 6.41. The molecule has 0 radical (unpaired) electrons. The summed E-state index contributed by atoms with van der Waals surface area (Å²) >= 11 is 0. The molecule has 4 nitrogen and oxygen atoms in total. The molecular weight excluding hydrogens is 262 g/mol. The number of urea groups is 1. The molecule has 2 heterocycles. The summed E-state index contributed by atoms with van der Waals surface area (Å²) in [6.07, 6.45) is 4.13. The van der Waals surface area contributed by atoms with Gasteiger partial charge in [-0.25, -0.2) is 4.79 Å². The van der Waals surface area contributed by atoms with E-state index in [4.69, 9.17) is 5.73 Å². The van der Waals surface area contributed by atoms with E-state index in [0.717, 1.165) is 62.5 Å². The molecule has 2 aliphatic heterocycles. The van der Waals surface area contributed by atoms with E-state index in [1.54, 1.807) is 0 Å². The van der Waals surface area contributed by atoms with Crippen LogP contribution in [0.1, 0.15) is 44.2 Å². The van der Waals surface area contributed by atoms with Gasteiger partial charge >= 0.3 is 6.03 Å². The van der Waals surface area contributed by atoms with E-state index in [9.17, 15) is 4.79 Å². The van der Waals surface area contributed by atoms with Gasteiger partial charge in [0.05, 0.1) is 5.69 Å². The number of amides is 2.